The topological polar surface area (TPSA) is 89.3 Å². The molecular weight excluding hydrogens is 415 g/mol. The molecule has 2 atom stereocenters. The maximum Gasteiger partial charge on any atom is 0.392 e. The Morgan fingerprint density at radius 1 is 1.29 bits per heavy atom. The summed E-state index contributed by atoms with van der Waals surface area (Å²) in [5, 5.41) is 10.6. The summed E-state index contributed by atoms with van der Waals surface area (Å²) in [6, 6.07) is 7.04. The molecule has 2 amide bonds. The van der Waals surface area contributed by atoms with Crippen LogP contribution in [0.5, 0.6) is 5.75 Å². The van der Waals surface area contributed by atoms with Gasteiger partial charge < -0.3 is 19.5 Å². The first-order valence-electron chi connectivity index (χ1n) is 9.96. The van der Waals surface area contributed by atoms with Gasteiger partial charge in [0.1, 0.15) is 11.6 Å². The highest BCUT2D eigenvalue weighted by molar-refractivity contribution is 6.00. The number of halogens is 3. The van der Waals surface area contributed by atoms with Crippen molar-refractivity contribution >= 4 is 17.5 Å². The second-order valence-corrected chi connectivity index (χ2v) is 7.74. The number of hydrogen-bond donors (Lipinski definition) is 1. The molecular formula is C20H22F3N5O3. The first-order valence-corrected chi connectivity index (χ1v) is 9.96. The first kappa shape index (κ1) is 21.1. The van der Waals surface area contributed by atoms with E-state index in [1.807, 2.05) is 0 Å². The molecule has 166 valence electrons. The van der Waals surface area contributed by atoms with Gasteiger partial charge in [-0.1, -0.05) is 6.07 Å². The van der Waals surface area contributed by atoms with Crippen LogP contribution in [0.1, 0.15) is 24.5 Å². The Labute approximate surface area is 176 Å². The van der Waals surface area contributed by atoms with Crippen LogP contribution in [0.25, 0.3) is 0 Å². The number of nitrogens with zero attached hydrogens (tertiary/aromatic N) is 4. The Morgan fingerprint density at radius 3 is 2.84 bits per heavy atom. The predicted octanol–water partition coefficient (Wildman–Crippen LogP) is 2.08. The highest BCUT2D eigenvalue weighted by Crippen LogP contribution is 2.34. The zero-order chi connectivity index (χ0) is 22.2. The number of carbonyl (C=O) groups is 2. The predicted molar refractivity (Wildman–Crippen MR) is 103 cm³/mol. The van der Waals surface area contributed by atoms with Crippen LogP contribution >= 0.6 is 0 Å². The summed E-state index contributed by atoms with van der Waals surface area (Å²) in [6.07, 6.45) is -4.43. The van der Waals surface area contributed by atoms with Crippen molar-refractivity contribution in [3.63, 3.8) is 0 Å². The summed E-state index contributed by atoms with van der Waals surface area (Å²) in [5.74, 6) is -1.11. The lowest BCUT2D eigenvalue weighted by atomic mass is 9.97. The van der Waals surface area contributed by atoms with Crippen molar-refractivity contribution in [3.8, 4) is 5.75 Å². The van der Waals surface area contributed by atoms with Crippen molar-refractivity contribution in [2.45, 2.75) is 38.5 Å². The van der Waals surface area contributed by atoms with Crippen LogP contribution in [0.4, 0.5) is 18.9 Å². The van der Waals surface area contributed by atoms with Crippen LogP contribution in [0.15, 0.2) is 24.3 Å². The number of anilines is 1. The lowest BCUT2D eigenvalue weighted by molar-refractivity contribution is -0.179. The fourth-order valence-electron chi connectivity index (χ4n) is 4.02. The van der Waals surface area contributed by atoms with Gasteiger partial charge in [0, 0.05) is 37.7 Å². The molecule has 0 saturated carbocycles. The molecule has 8 nitrogen and oxygen atoms in total. The van der Waals surface area contributed by atoms with E-state index in [9.17, 15) is 22.8 Å². The maximum atomic E-state index is 12.9. The van der Waals surface area contributed by atoms with Crippen LogP contribution in [0, 0.1) is 11.8 Å². The second-order valence-electron chi connectivity index (χ2n) is 7.74. The van der Waals surface area contributed by atoms with Crippen LogP contribution in [-0.4, -0.2) is 46.4 Å². The Bertz CT molecular complexity index is 991. The third kappa shape index (κ3) is 4.35. The number of benzene rings is 1. The number of amides is 2. The number of ether oxygens (including phenoxy) is 1. The number of nitrogens with one attached hydrogen (secondary N) is 1. The maximum absolute atomic E-state index is 12.9. The van der Waals surface area contributed by atoms with Crippen molar-refractivity contribution in [3.05, 3.63) is 35.9 Å². The molecule has 2 aliphatic rings. The third-order valence-electron chi connectivity index (χ3n) is 5.78. The summed E-state index contributed by atoms with van der Waals surface area (Å²) in [5.41, 5.74) is 0.658. The fraction of sp³-hybridized carbons (Fsp3) is 0.500. The fourth-order valence-corrected chi connectivity index (χ4v) is 4.02. The van der Waals surface area contributed by atoms with Crippen molar-refractivity contribution < 1.29 is 27.5 Å². The van der Waals surface area contributed by atoms with Gasteiger partial charge in [0.25, 0.3) is 0 Å². The monoisotopic (exact) mass is 437 g/mol. The molecule has 4 rings (SSSR count). The zero-order valence-electron chi connectivity index (χ0n) is 16.9. The minimum absolute atomic E-state index is 0.0396. The molecule has 1 fully saturated rings. The Morgan fingerprint density at radius 2 is 2.10 bits per heavy atom. The van der Waals surface area contributed by atoms with E-state index >= 15 is 0 Å². The number of aromatic nitrogens is 3. The van der Waals surface area contributed by atoms with E-state index in [1.54, 1.807) is 33.7 Å². The lowest BCUT2D eigenvalue weighted by Gasteiger charge is -2.25. The molecule has 31 heavy (non-hydrogen) atoms. The van der Waals surface area contributed by atoms with Crippen LogP contribution in [-0.2, 0) is 29.1 Å². The standard InChI is InChI=1S/C20H22F3N5O3/c1-31-15-4-2-3-14(9-15)28-11-12(7-18(28)29)19(30)24-10-17-26-25-16-8-13(20(21,22)23)5-6-27(16)17/h2-4,9,12-13H,5-8,10-11H2,1H3,(H,24,30)/t12-,13+/m0/s1. The molecule has 0 radical (unpaired) electrons. The molecule has 2 aromatic rings. The van der Waals surface area contributed by atoms with E-state index in [1.165, 1.54) is 7.11 Å². The Hall–Kier alpha value is -3.11. The highest BCUT2D eigenvalue weighted by Gasteiger charge is 2.42. The van der Waals surface area contributed by atoms with E-state index in [0.717, 1.165) is 0 Å². The molecule has 1 saturated heterocycles. The minimum Gasteiger partial charge on any atom is -0.497 e. The quantitative estimate of drug-likeness (QED) is 0.774. The zero-order valence-corrected chi connectivity index (χ0v) is 16.9. The van der Waals surface area contributed by atoms with Crippen molar-refractivity contribution in [1.29, 1.82) is 0 Å². The number of methoxy groups -OCH3 is 1. The molecule has 1 N–H and O–H groups in total. The largest absolute Gasteiger partial charge is 0.497 e. The van der Waals surface area contributed by atoms with E-state index < -0.39 is 18.0 Å². The SMILES string of the molecule is COc1cccc(N2C[C@@H](C(=O)NCc3nnc4n3CC[C@@H](C(F)(F)F)C4)CC2=O)c1. The summed E-state index contributed by atoms with van der Waals surface area (Å²) >= 11 is 0. The number of alkyl halides is 3. The summed E-state index contributed by atoms with van der Waals surface area (Å²) in [4.78, 5) is 26.6. The van der Waals surface area contributed by atoms with Crippen molar-refractivity contribution in [1.82, 2.24) is 20.1 Å². The van der Waals surface area contributed by atoms with Crippen LogP contribution in [0.3, 0.4) is 0 Å². The summed E-state index contributed by atoms with van der Waals surface area (Å²) in [6.45, 7) is 0.443. The third-order valence-corrected chi connectivity index (χ3v) is 5.78. The first-order chi connectivity index (χ1) is 14.8. The Kier molecular flexibility index (Phi) is 5.59. The number of fused-ring (bicyclic) bond motifs is 1. The van der Waals surface area contributed by atoms with E-state index in [0.29, 0.717) is 17.3 Å². The van der Waals surface area contributed by atoms with Crippen molar-refractivity contribution in [2.24, 2.45) is 11.8 Å². The molecule has 0 unspecified atom stereocenters. The van der Waals surface area contributed by atoms with E-state index in [2.05, 4.69) is 15.5 Å². The van der Waals surface area contributed by atoms with Gasteiger partial charge >= 0.3 is 6.18 Å². The van der Waals surface area contributed by atoms with Gasteiger partial charge in [-0.25, -0.2) is 0 Å². The number of rotatable bonds is 5. The lowest BCUT2D eigenvalue weighted by Crippen LogP contribution is -2.34. The van der Waals surface area contributed by atoms with E-state index in [-0.39, 0.29) is 56.5 Å². The van der Waals surface area contributed by atoms with Gasteiger partial charge in [0.2, 0.25) is 11.8 Å². The normalized spacial score (nSPS) is 21.2. The molecule has 0 aliphatic carbocycles. The Balaban J connectivity index is 1.36. The van der Waals surface area contributed by atoms with Gasteiger partial charge in [-0.3, -0.25) is 9.59 Å². The van der Waals surface area contributed by atoms with Gasteiger partial charge in [-0.05, 0) is 18.6 Å². The van der Waals surface area contributed by atoms with Crippen LogP contribution in [0.2, 0.25) is 0 Å². The molecule has 1 aromatic heterocycles. The minimum atomic E-state index is -4.25. The molecule has 0 bridgehead atoms. The van der Waals surface area contributed by atoms with Gasteiger partial charge in [-0.2, -0.15) is 13.2 Å². The molecule has 2 aliphatic heterocycles. The average molecular weight is 437 g/mol. The smallest absolute Gasteiger partial charge is 0.392 e. The highest BCUT2D eigenvalue weighted by atomic mass is 19.4. The molecule has 1 aromatic carbocycles. The summed E-state index contributed by atoms with van der Waals surface area (Å²) in [7, 11) is 1.54. The van der Waals surface area contributed by atoms with Crippen molar-refractivity contribution in [2.75, 3.05) is 18.6 Å². The van der Waals surface area contributed by atoms with Gasteiger partial charge in [0.15, 0.2) is 5.82 Å². The van der Waals surface area contributed by atoms with Gasteiger partial charge in [0.05, 0.1) is 25.5 Å². The van der Waals surface area contributed by atoms with Crippen LogP contribution < -0.4 is 15.0 Å². The van der Waals surface area contributed by atoms with E-state index in [4.69, 9.17) is 4.74 Å². The van der Waals surface area contributed by atoms with Gasteiger partial charge in [-0.15, -0.1) is 10.2 Å². The number of carbonyl (C=O) groups excluding carboxylic acids is 2. The molecule has 3 heterocycles. The second kappa shape index (κ2) is 8.20. The molecule has 11 heteroatoms. The summed E-state index contributed by atoms with van der Waals surface area (Å²) < 4.78 is 45.6. The number of hydrogen-bond acceptors (Lipinski definition) is 5. The molecule has 0 spiro atoms. The average Bonchev–Trinajstić information content (AvgIpc) is 3.34.